The maximum atomic E-state index is 11.9. The number of amides is 1. The van der Waals surface area contributed by atoms with Crippen LogP contribution in [0.4, 0.5) is 5.69 Å². The molecule has 1 aromatic rings. The van der Waals surface area contributed by atoms with Crippen LogP contribution in [0.5, 0.6) is 5.75 Å². The lowest BCUT2D eigenvalue weighted by Gasteiger charge is -2.25. The topological polar surface area (TPSA) is 41.6 Å². The summed E-state index contributed by atoms with van der Waals surface area (Å²) in [6, 6.07) is 6.30. The van der Waals surface area contributed by atoms with Crippen LogP contribution in [0.1, 0.15) is 30.7 Å². The minimum atomic E-state index is 0.126. The summed E-state index contributed by atoms with van der Waals surface area (Å²) in [5.41, 5.74) is 2.24. The van der Waals surface area contributed by atoms with Crippen molar-refractivity contribution in [3.63, 3.8) is 0 Å². The minimum absolute atomic E-state index is 0.126. The standard InChI is InChI=1S/C15H20N2O2/c1-17-13-10-12(11-4-7-16-8-5-11)2-3-14(13)19-9-6-15(17)18/h2-3,10-11,16H,4-9H2,1H3. The van der Waals surface area contributed by atoms with Gasteiger partial charge in [0.2, 0.25) is 5.91 Å². The molecule has 4 nitrogen and oxygen atoms in total. The molecule has 0 atom stereocenters. The number of fused-ring (bicyclic) bond motifs is 1. The molecule has 0 saturated carbocycles. The number of nitrogens with zero attached hydrogens (tertiary/aromatic N) is 1. The molecular formula is C15H20N2O2. The van der Waals surface area contributed by atoms with Crippen LogP contribution in [0, 0.1) is 0 Å². The Labute approximate surface area is 113 Å². The van der Waals surface area contributed by atoms with Crippen molar-refractivity contribution >= 4 is 11.6 Å². The second-order valence-corrected chi connectivity index (χ2v) is 5.30. The highest BCUT2D eigenvalue weighted by Crippen LogP contribution is 2.35. The fourth-order valence-electron chi connectivity index (χ4n) is 2.88. The SMILES string of the molecule is CN1C(=O)CCOc2ccc(C3CCNCC3)cc21. The van der Waals surface area contributed by atoms with E-state index in [1.54, 1.807) is 4.90 Å². The Morgan fingerprint density at radius 3 is 2.89 bits per heavy atom. The van der Waals surface area contributed by atoms with E-state index in [2.05, 4.69) is 17.4 Å². The molecule has 4 heteroatoms. The number of benzene rings is 1. The van der Waals surface area contributed by atoms with Crippen LogP contribution in [0.15, 0.2) is 18.2 Å². The molecular weight excluding hydrogens is 240 g/mol. The quantitative estimate of drug-likeness (QED) is 0.838. The van der Waals surface area contributed by atoms with E-state index in [0.717, 1.165) is 37.4 Å². The Morgan fingerprint density at radius 1 is 1.32 bits per heavy atom. The maximum Gasteiger partial charge on any atom is 0.230 e. The monoisotopic (exact) mass is 260 g/mol. The molecule has 0 spiro atoms. The minimum Gasteiger partial charge on any atom is -0.491 e. The van der Waals surface area contributed by atoms with Crippen molar-refractivity contribution in [2.75, 3.05) is 31.6 Å². The summed E-state index contributed by atoms with van der Waals surface area (Å²) >= 11 is 0. The number of rotatable bonds is 1. The van der Waals surface area contributed by atoms with E-state index in [4.69, 9.17) is 4.74 Å². The first-order valence-electron chi connectivity index (χ1n) is 7.00. The number of hydrogen-bond acceptors (Lipinski definition) is 3. The van der Waals surface area contributed by atoms with Crippen molar-refractivity contribution in [3.8, 4) is 5.75 Å². The van der Waals surface area contributed by atoms with E-state index >= 15 is 0 Å². The molecule has 0 bridgehead atoms. The van der Waals surface area contributed by atoms with Gasteiger partial charge in [0, 0.05) is 7.05 Å². The van der Waals surface area contributed by atoms with Crippen LogP contribution in [0.25, 0.3) is 0 Å². The predicted molar refractivity (Wildman–Crippen MR) is 74.8 cm³/mol. The van der Waals surface area contributed by atoms with Crippen LogP contribution in [0.2, 0.25) is 0 Å². The third-order valence-electron chi connectivity index (χ3n) is 4.10. The van der Waals surface area contributed by atoms with Crippen molar-refractivity contribution in [2.45, 2.75) is 25.2 Å². The Bertz CT molecular complexity index is 481. The summed E-state index contributed by atoms with van der Waals surface area (Å²) in [7, 11) is 1.84. The highest BCUT2D eigenvalue weighted by molar-refractivity contribution is 5.95. The molecule has 0 aliphatic carbocycles. The average Bonchev–Trinajstić information content (AvgIpc) is 2.60. The number of piperidine rings is 1. The van der Waals surface area contributed by atoms with Crippen molar-refractivity contribution in [2.24, 2.45) is 0 Å². The summed E-state index contributed by atoms with van der Waals surface area (Å²) in [4.78, 5) is 13.6. The summed E-state index contributed by atoms with van der Waals surface area (Å²) in [5.74, 6) is 1.55. The summed E-state index contributed by atoms with van der Waals surface area (Å²) in [5, 5.41) is 3.38. The first-order valence-corrected chi connectivity index (χ1v) is 7.00. The Hall–Kier alpha value is -1.55. The Kier molecular flexibility index (Phi) is 3.42. The molecule has 0 unspecified atom stereocenters. The first kappa shape index (κ1) is 12.5. The van der Waals surface area contributed by atoms with Gasteiger partial charge in [0.25, 0.3) is 0 Å². The van der Waals surface area contributed by atoms with Gasteiger partial charge in [-0.2, -0.15) is 0 Å². The Balaban J connectivity index is 1.92. The highest BCUT2D eigenvalue weighted by atomic mass is 16.5. The molecule has 19 heavy (non-hydrogen) atoms. The smallest absolute Gasteiger partial charge is 0.230 e. The summed E-state index contributed by atoms with van der Waals surface area (Å²) in [6.45, 7) is 2.63. The first-order chi connectivity index (χ1) is 9.25. The number of carbonyl (C=O) groups excluding carboxylic acids is 1. The molecule has 1 saturated heterocycles. The normalized spacial score (nSPS) is 20.7. The van der Waals surface area contributed by atoms with Gasteiger partial charge in [0.05, 0.1) is 18.7 Å². The van der Waals surface area contributed by atoms with Gasteiger partial charge >= 0.3 is 0 Å². The number of nitrogens with one attached hydrogen (secondary N) is 1. The zero-order valence-electron chi connectivity index (χ0n) is 11.3. The van der Waals surface area contributed by atoms with Crippen molar-refractivity contribution in [1.29, 1.82) is 0 Å². The van der Waals surface area contributed by atoms with Gasteiger partial charge in [-0.1, -0.05) is 6.07 Å². The van der Waals surface area contributed by atoms with E-state index in [1.807, 2.05) is 13.1 Å². The lowest BCUT2D eigenvalue weighted by molar-refractivity contribution is -0.118. The highest BCUT2D eigenvalue weighted by Gasteiger charge is 2.22. The van der Waals surface area contributed by atoms with Gasteiger partial charge in [-0.25, -0.2) is 0 Å². The van der Waals surface area contributed by atoms with Gasteiger partial charge in [-0.3, -0.25) is 4.79 Å². The van der Waals surface area contributed by atoms with Crippen LogP contribution in [-0.2, 0) is 4.79 Å². The molecule has 1 aromatic carbocycles. The van der Waals surface area contributed by atoms with E-state index < -0.39 is 0 Å². The molecule has 2 aliphatic heterocycles. The van der Waals surface area contributed by atoms with E-state index in [9.17, 15) is 4.79 Å². The van der Waals surface area contributed by atoms with Crippen molar-refractivity contribution in [1.82, 2.24) is 5.32 Å². The van der Waals surface area contributed by atoms with E-state index in [1.165, 1.54) is 5.56 Å². The van der Waals surface area contributed by atoms with Gasteiger partial charge in [0.1, 0.15) is 5.75 Å². The number of carbonyl (C=O) groups is 1. The summed E-state index contributed by atoms with van der Waals surface area (Å²) in [6.07, 6.45) is 2.78. The van der Waals surface area contributed by atoms with Crippen LogP contribution in [-0.4, -0.2) is 32.7 Å². The zero-order valence-corrected chi connectivity index (χ0v) is 11.3. The number of anilines is 1. The summed E-state index contributed by atoms with van der Waals surface area (Å²) < 4.78 is 5.66. The molecule has 0 aromatic heterocycles. The van der Waals surface area contributed by atoms with Crippen LogP contribution in [0.3, 0.4) is 0 Å². The van der Waals surface area contributed by atoms with Gasteiger partial charge in [-0.05, 0) is 49.5 Å². The fourth-order valence-corrected chi connectivity index (χ4v) is 2.88. The second kappa shape index (κ2) is 5.21. The van der Waals surface area contributed by atoms with Crippen LogP contribution >= 0.6 is 0 Å². The predicted octanol–water partition coefficient (Wildman–Crippen LogP) is 1.90. The Morgan fingerprint density at radius 2 is 2.11 bits per heavy atom. The second-order valence-electron chi connectivity index (χ2n) is 5.30. The molecule has 1 fully saturated rings. The molecule has 2 heterocycles. The third kappa shape index (κ3) is 2.45. The van der Waals surface area contributed by atoms with Gasteiger partial charge in [0.15, 0.2) is 0 Å². The molecule has 1 N–H and O–H groups in total. The molecule has 2 aliphatic rings. The van der Waals surface area contributed by atoms with Gasteiger partial charge in [-0.15, -0.1) is 0 Å². The maximum absolute atomic E-state index is 11.9. The van der Waals surface area contributed by atoms with E-state index in [-0.39, 0.29) is 5.91 Å². The van der Waals surface area contributed by atoms with Crippen LogP contribution < -0.4 is 15.0 Å². The van der Waals surface area contributed by atoms with Crippen molar-refractivity contribution < 1.29 is 9.53 Å². The number of ether oxygens (including phenoxy) is 1. The molecule has 102 valence electrons. The fraction of sp³-hybridized carbons (Fsp3) is 0.533. The lowest BCUT2D eigenvalue weighted by Crippen LogP contribution is -2.27. The van der Waals surface area contributed by atoms with E-state index in [0.29, 0.717) is 18.9 Å². The largest absolute Gasteiger partial charge is 0.491 e. The molecule has 1 amide bonds. The molecule has 3 rings (SSSR count). The lowest BCUT2D eigenvalue weighted by atomic mass is 9.90. The average molecular weight is 260 g/mol. The van der Waals surface area contributed by atoms with Crippen molar-refractivity contribution in [3.05, 3.63) is 23.8 Å². The van der Waals surface area contributed by atoms with Gasteiger partial charge < -0.3 is 15.0 Å². The number of hydrogen-bond donors (Lipinski definition) is 1. The zero-order chi connectivity index (χ0) is 13.2. The third-order valence-corrected chi connectivity index (χ3v) is 4.10. The molecule has 0 radical (unpaired) electrons.